The predicted octanol–water partition coefficient (Wildman–Crippen LogP) is 5.83. The van der Waals surface area contributed by atoms with E-state index < -0.39 is 10.1 Å². The highest BCUT2D eigenvalue weighted by molar-refractivity contribution is 7.87. The van der Waals surface area contributed by atoms with Gasteiger partial charge in [-0.25, -0.2) is 4.98 Å². The van der Waals surface area contributed by atoms with Crippen molar-refractivity contribution in [3.05, 3.63) is 114 Å². The van der Waals surface area contributed by atoms with Gasteiger partial charge < -0.3 is 8.75 Å². The molecule has 33 heavy (non-hydrogen) atoms. The van der Waals surface area contributed by atoms with Crippen LogP contribution >= 0.6 is 0 Å². The van der Waals surface area contributed by atoms with E-state index in [-0.39, 0.29) is 10.6 Å². The van der Waals surface area contributed by atoms with Crippen LogP contribution in [0.25, 0.3) is 22.4 Å². The highest BCUT2D eigenvalue weighted by Crippen LogP contribution is 2.28. The molecular formula is C27H22N2O3S. The summed E-state index contributed by atoms with van der Waals surface area (Å²) in [6, 6.07) is 31.8. The minimum Gasteiger partial charge on any atom is -0.379 e. The van der Waals surface area contributed by atoms with E-state index in [1.807, 2.05) is 55.5 Å². The molecule has 5 nitrogen and oxygen atoms in total. The van der Waals surface area contributed by atoms with Crippen LogP contribution in [0.4, 0.5) is 0 Å². The number of aromatic nitrogens is 2. The minimum atomic E-state index is -3.90. The summed E-state index contributed by atoms with van der Waals surface area (Å²) in [6.45, 7) is 2.58. The third-order valence-corrected chi connectivity index (χ3v) is 6.73. The van der Waals surface area contributed by atoms with Crippen LogP contribution in [0.15, 0.2) is 108 Å². The van der Waals surface area contributed by atoms with Gasteiger partial charge >= 0.3 is 10.1 Å². The topological polar surface area (TPSA) is 61.2 Å². The van der Waals surface area contributed by atoms with Gasteiger partial charge in [0, 0.05) is 12.1 Å². The van der Waals surface area contributed by atoms with Crippen molar-refractivity contribution >= 4 is 21.2 Å². The van der Waals surface area contributed by atoms with Crippen LogP contribution in [0.2, 0.25) is 0 Å². The average Bonchev–Trinajstić information content (AvgIpc) is 3.19. The van der Waals surface area contributed by atoms with Gasteiger partial charge in [0.25, 0.3) is 0 Å². The van der Waals surface area contributed by atoms with Gasteiger partial charge in [-0.3, -0.25) is 0 Å². The molecule has 0 saturated heterocycles. The molecule has 0 aliphatic heterocycles. The third kappa shape index (κ3) is 4.38. The van der Waals surface area contributed by atoms with Crippen molar-refractivity contribution in [1.29, 1.82) is 0 Å². The summed E-state index contributed by atoms with van der Waals surface area (Å²) >= 11 is 0. The molecule has 0 aliphatic carbocycles. The second kappa shape index (κ2) is 8.56. The Morgan fingerprint density at radius 3 is 2.18 bits per heavy atom. The number of para-hydroxylation sites is 2. The highest BCUT2D eigenvalue weighted by Gasteiger charge is 2.17. The largest absolute Gasteiger partial charge is 0.379 e. The normalized spacial score (nSPS) is 11.5. The summed E-state index contributed by atoms with van der Waals surface area (Å²) in [6.07, 6.45) is 0. The summed E-state index contributed by atoms with van der Waals surface area (Å²) in [5, 5.41) is 0. The van der Waals surface area contributed by atoms with Gasteiger partial charge in [-0.1, -0.05) is 60.2 Å². The van der Waals surface area contributed by atoms with Crippen LogP contribution in [0.3, 0.4) is 0 Å². The van der Waals surface area contributed by atoms with Crippen LogP contribution < -0.4 is 4.18 Å². The molecule has 0 N–H and O–H groups in total. The van der Waals surface area contributed by atoms with E-state index in [0.29, 0.717) is 6.54 Å². The van der Waals surface area contributed by atoms with Crippen LogP contribution in [0.5, 0.6) is 5.75 Å². The Labute approximate surface area is 193 Å². The Hall–Kier alpha value is -3.90. The lowest BCUT2D eigenvalue weighted by molar-refractivity contribution is 0.486. The Morgan fingerprint density at radius 1 is 0.788 bits per heavy atom. The minimum absolute atomic E-state index is 0.127. The lowest BCUT2D eigenvalue weighted by Gasteiger charge is -2.11. The van der Waals surface area contributed by atoms with E-state index in [9.17, 15) is 8.42 Å². The van der Waals surface area contributed by atoms with Gasteiger partial charge in [-0.05, 0) is 61.0 Å². The van der Waals surface area contributed by atoms with Gasteiger partial charge in [0.1, 0.15) is 16.5 Å². The third-order valence-electron chi connectivity index (χ3n) is 5.47. The molecule has 5 rings (SSSR count). The summed E-state index contributed by atoms with van der Waals surface area (Å²) in [5.41, 5.74) is 4.98. The fourth-order valence-corrected chi connectivity index (χ4v) is 4.69. The molecule has 0 radical (unpaired) electrons. The van der Waals surface area contributed by atoms with Gasteiger partial charge in [0.15, 0.2) is 0 Å². The Balaban J connectivity index is 1.47. The molecule has 0 unspecified atom stereocenters. The summed E-state index contributed by atoms with van der Waals surface area (Å²) in [5.74, 6) is 1.07. The lowest BCUT2D eigenvalue weighted by atomic mass is 10.2. The maximum atomic E-state index is 12.6. The maximum absolute atomic E-state index is 12.6. The number of hydrogen-bond acceptors (Lipinski definition) is 4. The number of hydrogen-bond donors (Lipinski definition) is 0. The fourth-order valence-electron chi connectivity index (χ4n) is 3.76. The van der Waals surface area contributed by atoms with Crippen molar-refractivity contribution in [3.8, 4) is 17.1 Å². The van der Waals surface area contributed by atoms with Crippen LogP contribution in [-0.2, 0) is 16.7 Å². The van der Waals surface area contributed by atoms with E-state index in [2.05, 4.69) is 22.8 Å². The number of aryl methyl sites for hydroxylation is 1. The molecule has 164 valence electrons. The van der Waals surface area contributed by atoms with Crippen molar-refractivity contribution in [2.24, 2.45) is 0 Å². The average molecular weight is 455 g/mol. The quantitative estimate of drug-likeness (QED) is 0.303. The molecular weight excluding hydrogens is 432 g/mol. The van der Waals surface area contributed by atoms with Gasteiger partial charge in [0.05, 0.1) is 11.0 Å². The van der Waals surface area contributed by atoms with Crippen molar-refractivity contribution in [1.82, 2.24) is 9.55 Å². The lowest BCUT2D eigenvalue weighted by Crippen LogP contribution is -2.09. The highest BCUT2D eigenvalue weighted by atomic mass is 32.2. The standard InChI is InChI=1S/C27H22N2O3S/c1-20-11-17-24(18-12-20)33(30,31)32-23-15-13-22(14-16-23)27-28-25-9-5-6-10-26(25)29(27)19-21-7-3-2-4-8-21/h2-18H,19H2,1H3. The summed E-state index contributed by atoms with van der Waals surface area (Å²) in [4.78, 5) is 4.97. The molecule has 0 amide bonds. The number of imidazole rings is 1. The first-order valence-electron chi connectivity index (χ1n) is 10.6. The molecule has 5 aromatic rings. The Bertz CT molecular complexity index is 1510. The van der Waals surface area contributed by atoms with Gasteiger partial charge in [0.2, 0.25) is 0 Å². The zero-order valence-electron chi connectivity index (χ0n) is 18.0. The van der Waals surface area contributed by atoms with Crippen molar-refractivity contribution < 1.29 is 12.6 Å². The zero-order chi connectivity index (χ0) is 22.8. The summed E-state index contributed by atoms with van der Waals surface area (Å²) < 4.78 is 32.7. The first-order chi connectivity index (χ1) is 16.0. The van der Waals surface area contributed by atoms with Crippen LogP contribution in [-0.4, -0.2) is 18.0 Å². The molecule has 0 bridgehead atoms. The first kappa shape index (κ1) is 21.0. The molecule has 0 fully saturated rings. The molecule has 1 heterocycles. The molecule has 0 aliphatic rings. The van der Waals surface area contributed by atoms with Crippen molar-refractivity contribution in [2.75, 3.05) is 0 Å². The Kier molecular flexibility index (Phi) is 5.44. The molecule has 0 spiro atoms. The first-order valence-corrected chi connectivity index (χ1v) is 12.0. The smallest absolute Gasteiger partial charge is 0.339 e. The van der Waals surface area contributed by atoms with E-state index in [1.54, 1.807) is 36.4 Å². The SMILES string of the molecule is Cc1ccc(S(=O)(=O)Oc2ccc(-c3nc4ccccc4n3Cc3ccccc3)cc2)cc1. The number of benzene rings is 4. The fraction of sp³-hybridized carbons (Fsp3) is 0.0741. The van der Waals surface area contributed by atoms with E-state index in [1.165, 1.54) is 5.56 Å². The molecule has 4 aromatic carbocycles. The zero-order valence-corrected chi connectivity index (χ0v) is 18.9. The number of nitrogens with zero attached hydrogens (tertiary/aromatic N) is 2. The predicted molar refractivity (Wildman–Crippen MR) is 130 cm³/mol. The van der Waals surface area contributed by atoms with Gasteiger partial charge in [-0.15, -0.1) is 0 Å². The Morgan fingerprint density at radius 2 is 1.45 bits per heavy atom. The number of fused-ring (bicyclic) bond motifs is 1. The molecule has 0 atom stereocenters. The summed E-state index contributed by atoms with van der Waals surface area (Å²) in [7, 11) is -3.90. The number of rotatable bonds is 6. The van der Waals surface area contributed by atoms with E-state index in [0.717, 1.165) is 28.0 Å². The van der Waals surface area contributed by atoms with Crippen LogP contribution in [0, 0.1) is 6.92 Å². The van der Waals surface area contributed by atoms with Gasteiger partial charge in [-0.2, -0.15) is 8.42 Å². The molecule has 6 heteroatoms. The van der Waals surface area contributed by atoms with Crippen molar-refractivity contribution in [2.45, 2.75) is 18.4 Å². The maximum Gasteiger partial charge on any atom is 0.339 e. The second-order valence-corrected chi connectivity index (χ2v) is 9.42. The second-order valence-electron chi connectivity index (χ2n) is 7.87. The van der Waals surface area contributed by atoms with Crippen LogP contribution in [0.1, 0.15) is 11.1 Å². The molecule has 1 aromatic heterocycles. The monoisotopic (exact) mass is 454 g/mol. The van der Waals surface area contributed by atoms with E-state index in [4.69, 9.17) is 9.17 Å². The molecule has 0 saturated carbocycles. The van der Waals surface area contributed by atoms with E-state index >= 15 is 0 Å². The van der Waals surface area contributed by atoms with Crippen molar-refractivity contribution in [3.63, 3.8) is 0 Å².